The number of carbonyl (C=O) groups is 1. The van der Waals surface area contributed by atoms with Crippen LogP contribution < -0.4 is 0 Å². The lowest BCUT2D eigenvalue weighted by Gasteiger charge is -2.34. The lowest BCUT2D eigenvalue weighted by atomic mass is 9.67. The van der Waals surface area contributed by atoms with Crippen LogP contribution in [0.3, 0.4) is 0 Å². The molecule has 0 saturated heterocycles. The molecule has 0 N–H and O–H groups in total. The summed E-state index contributed by atoms with van der Waals surface area (Å²) in [6.45, 7) is 1.98. The highest BCUT2D eigenvalue weighted by molar-refractivity contribution is 6.30. The second-order valence-electron chi connectivity index (χ2n) is 7.04. The largest absolute Gasteiger partial charge is 0.294 e. The van der Waals surface area contributed by atoms with Gasteiger partial charge in [0.15, 0.2) is 5.78 Å². The lowest BCUT2D eigenvalue weighted by Crippen LogP contribution is -2.37. The molecule has 24 heavy (non-hydrogen) atoms. The van der Waals surface area contributed by atoms with Crippen molar-refractivity contribution in [1.29, 1.82) is 0 Å². The fourth-order valence-electron chi connectivity index (χ4n) is 3.70. The van der Waals surface area contributed by atoms with Gasteiger partial charge in [-0.25, -0.2) is 4.39 Å². The molecule has 0 amide bonds. The summed E-state index contributed by atoms with van der Waals surface area (Å²) in [4.78, 5) is 13.0. The van der Waals surface area contributed by atoms with E-state index in [1.807, 2.05) is 31.2 Å². The number of halogens is 2. The molecule has 1 saturated carbocycles. The lowest BCUT2D eigenvalue weighted by molar-refractivity contribution is -0.119. The fourth-order valence-corrected chi connectivity index (χ4v) is 3.90. The average molecular weight is 341 g/mol. The highest BCUT2D eigenvalue weighted by Crippen LogP contribution is 2.48. The van der Waals surface area contributed by atoms with Crippen LogP contribution in [-0.4, -0.2) is 5.78 Å². The van der Waals surface area contributed by atoms with E-state index in [0.29, 0.717) is 12.3 Å². The van der Waals surface area contributed by atoms with Crippen LogP contribution in [0.2, 0.25) is 5.02 Å². The zero-order valence-corrected chi connectivity index (χ0v) is 14.2. The van der Waals surface area contributed by atoms with Gasteiger partial charge in [-0.05, 0) is 72.6 Å². The number of benzene rings is 2. The van der Waals surface area contributed by atoms with Crippen LogP contribution in [0.5, 0.6) is 0 Å². The predicted molar refractivity (Wildman–Crippen MR) is 94.6 cm³/mol. The van der Waals surface area contributed by atoms with Crippen molar-refractivity contribution < 1.29 is 9.18 Å². The van der Waals surface area contributed by atoms with Crippen molar-refractivity contribution in [2.24, 2.45) is 5.92 Å². The number of allylic oxidation sites excluding steroid dienone is 2. The highest BCUT2D eigenvalue weighted by Gasteiger charge is 2.42. The predicted octanol–water partition coefficient (Wildman–Crippen LogP) is 5.36. The molecule has 1 fully saturated rings. The van der Waals surface area contributed by atoms with Crippen LogP contribution in [0.25, 0.3) is 5.57 Å². The number of carbonyl (C=O) groups excluding carboxylic acids is 1. The molecule has 2 aliphatic rings. The first-order valence-corrected chi connectivity index (χ1v) is 8.67. The minimum absolute atomic E-state index is 0.0989. The Morgan fingerprint density at radius 1 is 1.21 bits per heavy atom. The second-order valence-corrected chi connectivity index (χ2v) is 7.45. The first-order chi connectivity index (χ1) is 11.5. The molecule has 2 aliphatic carbocycles. The Bertz CT molecular complexity index is 866. The number of hydrogen-bond donors (Lipinski definition) is 0. The van der Waals surface area contributed by atoms with E-state index in [4.69, 9.17) is 11.6 Å². The third-order valence-electron chi connectivity index (χ3n) is 5.22. The molecule has 122 valence electrons. The van der Waals surface area contributed by atoms with Crippen LogP contribution >= 0.6 is 11.6 Å². The average Bonchev–Trinajstić information content (AvgIpc) is 3.40. The van der Waals surface area contributed by atoms with E-state index < -0.39 is 11.2 Å². The maximum atomic E-state index is 13.4. The fraction of sp³-hybridized carbons (Fsp3) is 0.286. The van der Waals surface area contributed by atoms with Crippen LogP contribution in [0.15, 0.2) is 48.5 Å². The number of hydrogen-bond acceptors (Lipinski definition) is 1. The Labute approximate surface area is 146 Å². The zero-order chi connectivity index (χ0) is 16.9. The van der Waals surface area contributed by atoms with E-state index in [9.17, 15) is 9.18 Å². The molecule has 0 radical (unpaired) electrons. The van der Waals surface area contributed by atoms with Crippen molar-refractivity contribution in [3.05, 3.63) is 76.1 Å². The van der Waals surface area contributed by atoms with Crippen molar-refractivity contribution in [2.75, 3.05) is 0 Å². The summed E-state index contributed by atoms with van der Waals surface area (Å²) < 4.78 is 13.4. The first-order valence-electron chi connectivity index (χ1n) is 8.29. The molecule has 0 aliphatic heterocycles. The molecule has 2 aromatic rings. The summed E-state index contributed by atoms with van der Waals surface area (Å²) in [6, 6.07) is 12.9. The molecule has 3 heteroatoms. The normalized spacial score (nSPS) is 23.0. The van der Waals surface area contributed by atoms with Gasteiger partial charge in [-0.2, -0.15) is 0 Å². The number of rotatable bonds is 3. The molecular formula is C21H18ClFO. The summed E-state index contributed by atoms with van der Waals surface area (Å²) in [5, 5.41) is 0.0989. The van der Waals surface area contributed by atoms with E-state index in [2.05, 4.69) is 6.07 Å². The van der Waals surface area contributed by atoms with E-state index in [1.165, 1.54) is 17.2 Å². The minimum atomic E-state index is -0.643. The van der Waals surface area contributed by atoms with Crippen LogP contribution in [0.1, 0.15) is 36.5 Å². The van der Waals surface area contributed by atoms with Crippen molar-refractivity contribution in [2.45, 2.75) is 31.6 Å². The standard InChI is InChI=1S/C21H18ClFO/c1-21(12-13-6-9-19(23)18(22)10-13)17-5-3-2-4-15(17)16(11-20(21)24)14-7-8-14/h2-6,9-11,14H,7-8,12H2,1H3. The van der Waals surface area contributed by atoms with Gasteiger partial charge in [-0.3, -0.25) is 4.79 Å². The van der Waals surface area contributed by atoms with Gasteiger partial charge in [-0.15, -0.1) is 0 Å². The zero-order valence-electron chi connectivity index (χ0n) is 13.5. The Kier molecular flexibility index (Phi) is 3.61. The van der Waals surface area contributed by atoms with Gasteiger partial charge >= 0.3 is 0 Å². The molecule has 1 nitrogen and oxygen atoms in total. The highest BCUT2D eigenvalue weighted by atomic mass is 35.5. The van der Waals surface area contributed by atoms with Gasteiger partial charge < -0.3 is 0 Å². The Balaban J connectivity index is 1.79. The van der Waals surface area contributed by atoms with E-state index in [-0.39, 0.29) is 10.8 Å². The summed E-state index contributed by atoms with van der Waals surface area (Å²) in [7, 11) is 0. The Morgan fingerprint density at radius 2 is 1.96 bits per heavy atom. The Morgan fingerprint density at radius 3 is 2.67 bits per heavy atom. The van der Waals surface area contributed by atoms with Crippen LogP contribution in [0.4, 0.5) is 4.39 Å². The van der Waals surface area contributed by atoms with Gasteiger partial charge in [-0.1, -0.05) is 41.9 Å². The quantitative estimate of drug-likeness (QED) is 0.735. The monoisotopic (exact) mass is 340 g/mol. The molecule has 0 spiro atoms. The maximum absolute atomic E-state index is 13.4. The first kappa shape index (κ1) is 15.6. The summed E-state index contributed by atoms with van der Waals surface area (Å²) in [5.74, 6) is 0.223. The van der Waals surface area contributed by atoms with E-state index >= 15 is 0 Å². The number of fused-ring (bicyclic) bond motifs is 1. The maximum Gasteiger partial charge on any atom is 0.166 e. The van der Waals surface area contributed by atoms with Crippen molar-refractivity contribution >= 4 is 23.0 Å². The van der Waals surface area contributed by atoms with Gasteiger partial charge in [0.2, 0.25) is 0 Å². The Hall–Kier alpha value is -1.93. The molecule has 1 unspecified atom stereocenters. The molecule has 0 aromatic heterocycles. The van der Waals surface area contributed by atoms with Gasteiger partial charge in [0.25, 0.3) is 0 Å². The molecule has 0 heterocycles. The molecule has 1 atom stereocenters. The molecular weight excluding hydrogens is 323 g/mol. The van der Waals surface area contributed by atoms with Crippen molar-refractivity contribution in [3.8, 4) is 0 Å². The summed E-state index contributed by atoms with van der Waals surface area (Å²) in [5.41, 5.74) is 3.67. The third kappa shape index (κ3) is 2.50. The molecule has 2 aromatic carbocycles. The van der Waals surface area contributed by atoms with E-state index in [0.717, 1.165) is 24.0 Å². The summed E-state index contributed by atoms with van der Waals surface area (Å²) in [6.07, 6.45) is 4.68. The molecule has 4 rings (SSSR count). The van der Waals surface area contributed by atoms with Gasteiger partial charge in [0, 0.05) is 0 Å². The van der Waals surface area contributed by atoms with Crippen molar-refractivity contribution in [3.63, 3.8) is 0 Å². The topological polar surface area (TPSA) is 17.1 Å². The second kappa shape index (κ2) is 5.56. The summed E-state index contributed by atoms with van der Waals surface area (Å²) >= 11 is 5.91. The SMILES string of the molecule is CC1(Cc2ccc(F)c(Cl)c2)C(=O)C=C(C2CC2)c2ccccc21. The van der Waals surface area contributed by atoms with Crippen molar-refractivity contribution in [1.82, 2.24) is 0 Å². The third-order valence-corrected chi connectivity index (χ3v) is 5.51. The van der Waals surface area contributed by atoms with Crippen LogP contribution in [-0.2, 0) is 16.6 Å². The van der Waals surface area contributed by atoms with Crippen LogP contribution in [0, 0.1) is 11.7 Å². The van der Waals surface area contributed by atoms with Gasteiger partial charge in [0.1, 0.15) is 5.82 Å². The smallest absolute Gasteiger partial charge is 0.166 e. The number of ketones is 1. The van der Waals surface area contributed by atoms with E-state index in [1.54, 1.807) is 12.1 Å². The van der Waals surface area contributed by atoms with Gasteiger partial charge in [0.05, 0.1) is 10.4 Å². The minimum Gasteiger partial charge on any atom is -0.294 e. The molecule has 0 bridgehead atoms.